The molecular formula is C9H11NO4S. The Kier molecular flexibility index (Phi) is 2.32. The van der Waals surface area contributed by atoms with Gasteiger partial charge in [0.05, 0.1) is 4.90 Å². The van der Waals surface area contributed by atoms with Gasteiger partial charge in [-0.05, 0) is 18.6 Å². The Morgan fingerprint density at radius 2 is 1.73 bits per heavy atom. The number of primary sulfonamides is 1. The molecule has 1 aromatic rings. The standard InChI is InChI=1S/C9H11NO4S/c1-6-4-7-8(14-3-2-13-7)5-9(6)15(10,11)12/h4-5H,2-3H2,1H3,(H2,10,11,12). The van der Waals surface area contributed by atoms with Gasteiger partial charge in [-0.2, -0.15) is 0 Å². The number of aryl methyl sites for hydroxylation is 1. The van der Waals surface area contributed by atoms with E-state index in [-0.39, 0.29) is 4.90 Å². The molecule has 0 saturated heterocycles. The first-order valence-electron chi connectivity index (χ1n) is 4.41. The van der Waals surface area contributed by atoms with Crippen LogP contribution >= 0.6 is 0 Å². The van der Waals surface area contributed by atoms with Crippen LogP contribution in [0.15, 0.2) is 17.0 Å². The van der Waals surface area contributed by atoms with E-state index < -0.39 is 10.0 Å². The van der Waals surface area contributed by atoms with Crippen molar-refractivity contribution in [2.24, 2.45) is 5.14 Å². The number of nitrogens with two attached hydrogens (primary N) is 1. The maximum atomic E-state index is 11.2. The average Bonchev–Trinajstić information content (AvgIpc) is 2.15. The summed E-state index contributed by atoms with van der Waals surface area (Å²) < 4.78 is 33.0. The molecule has 2 rings (SSSR count). The van der Waals surface area contributed by atoms with Crippen LogP contribution in [-0.4, -0.2) is 21.6 Å². The lowest BCUT2D eigenvalue weighted by molar-refractivity contribution is 0.171. The van der Waals surface area contributed by atoms with Crippen molar-refractivity contribution in [2.75, 3.05) is 13.2 Å². The van der Waals surface area contributed by atoms with Crippen molar-refractivity contribution in [1.29, 1.82) is 0 Å². The van der Waals surface area contributed by atoms with Crippen molar-refractivity contribution in [3.05, 3.63) is 17.7 Å². The number of fused-ring (bicyclic) bond motifs is 1. The second kappa shape index (κ2) is 3.39. The van der Waals surface area contributed by atoms with E-state index in [1.165, 1.54) is 6.07 Å². The van der Waals surface area contributed by atoms with Gasteiger partial charge in [0.1, 0.15) is 13.2 Å². The normalized spacial score (nSPS) is 15.1. The molecule has 0 bridgehead atoms. The predicted molar refractivity (Wildman–Crippen MR) is 53.5 cm³/mol. The molecule has 1 heterocycles. The van der Waals surface area contributed by atoms with Crippen LogP contribution in [0.3, 0.4) is 0 Å². The van der Waals surface area contributed by atoms with Crippen LogP contribution in [-0.2, 0) is 10.0 Å². The van der Waals surface area contributed by atoms with Crippen molar-refractivity contribution in [3.8, 4) is 11.5 Å². The molecule has 6 heteroatoms. The number of rotatable bonds is 1. The van der Waals surface area contributed by atoms with Crippen LogP contribution in [0.2, 0.25) is 0 Å². The third kappa shape index (κ3) is 1.91. The Labute approximate surface area is 87.8 Å². The molecule has 82 valence electrons. The van der Waals surface area contributed by atoms with E-state index >= 15 is 0 Å². The fourth-order valence-electron chi connectivity index (χ4n) is 1.48. The summed E-state index contributed by atoms with van der Waals surface area (Å²) in [5.74, 6) is 0.988. The largest absolute Gasteiger partial charge is 0.486 e. The molecule has 1 aromatic carbocycles. The number of sulfonamides is 1. The minimum Gasteiger partial charge on any atom is -0.486 e. The zero-order valence-electron chi connectivity index (χ0n) is 8.19. The van der Waals surface area contributed by atoms with Gasteiger partial charge in [-0.1, -0.05) is 0 Å². The Hall–Kier alpha value is -1.27. The Balaban J connectivity index is 2.60. The molecule has 0 unspecified atom stereocenters. The first kappa shape index (κ1) is 10.3. The molecule has 5 nitrogen and oxygen atoms in total. The first-order valence-corrected chi connectivity index (χ1v) is 5.96. The van der Waals surface area contributed by atoms with Crippen molar-refractivity contribution in [1.82, 2.24) is 0 Å². The molecule has 2 N–H and O–H groups in total. The summed E-state index contributed by atoms with van der Waals surface area (Å²) in [6.45, 7) is 2.55. The summed E-state index contributed by atoms with van der Waals surface area (Å²) in [4.78, 5) is 0.0757. The van der Waals surface area contributed by atoms with Gasteiger partial charge in [-0.3, -0.25) is 0 Å². The predicted octanol–water partition coefficient (Wildman–Crippen LogP) is 0.414. The molecule has 0 aliphatic carbocycles. The molecule has 0 fully saturated rings. The molecule has 15 heavy (non-hydrogen) atoms. The van der Waals surface area contributed by atoms with Crippen molar-refractivity contribution < 1.29 is 17.9 Å². The highest BCUT2D eigenvalue weighted by atomic mass is 32.2. The summed E-state index contributed by atoms with van der Waals surface area (Å²) >= 11 is 0. The van der Waals surface area contributed by atoms with Crippen LogP contribution < -0.4 is 14.6 Å². The molecule has 0 atom stereocenters. The number of hydrogen-bond donors (Lipinski definition) is 1. The van der Waals surface area contributed by atoms with E-state index in [1.807, 2.05) is 0 Å². The highest BCUT2D eigenvalue weighted by Crippen LogP contribution is 2.34. The van der Waals surface area contributed by atoms with Crippen LogP contribution in [0.5, 0.6) is 11.5 Å². The summed E-state index contributed by atoms with van der Waals surface area (Å²) in [6, 6.07) is 3.02. The van der Waals surface area contributed by atoms with Gasteiger partial charge < -0.3 is 9.47 Å². The lowest BCUT2D eigenvalue weighted by Crippen LogP contribution is -2.18. The maximum Gasteiger partial charge on any atom is 0.238 e. The van der Waals surface area contributed by atoms with E-state index in [9.17, 15) is 8.42 Å². The van der Waals surface area contributed by atoms with Crippen LogP contribution in [0.25, 0.3) is 0 Å². The molecule has 1 aliphatic heterocycles. The Bertz CT molecular complexity index is 495. The van der Waals surface area contributed by atoms with Gasteiger partial charge in [0.2, 0.25) is 10.0 Å². The SMILES string of the molecule is Cc1cc2c(cc1S(N)(=O)=O)OCCO2. The lowest BCUT2D eigenvalue weighted by atomic mass is 10.2. The molecule has 0 spiro atoms. The third-order valence-electron chi connectivity index (χ3n) is 2.15. The molecule has 1 aliphatic rings. The second-order valence-corrected chi connectivity index (χ2v) is 4.84. The van der Waals surface area contributed by atoms with E-state index in [2.05, 4.69) is 0 Å². The van der Waals surface area contributed by atoms with Gasteiger partial charge in [0, 0.05) is 6.07 Å². The van der Waals surface area contributed by atoms with Gasteiger partial charge in [-0.15, -0.1) is 0 Å². The number of ether oxygens (including phenoxy) is 2. The number of benzene rings is 1. The van der Waals surface area contributed by atoms with Gasteiger partial charge in [0.15, 0.2) is 11.5 Å². The molecule has 0 saturated carbocycles. The summed E-state index contributed by atoms with van der Waals surface area (Å²) in [7, 11) is -3.70. The third-order valence-corrected chi connectivity index (χ3v) is 3.20. The topological polar surface area (TPSA) is 78.6 Å². The highest BCUT2D eigenvalue weighted by molar-refractivity contribution is 7.89. The van der Waals surface area contributed by atoms with Gasteiger partial charge in [-0.25, -0.2) is 13.6 Å². The van der Waals surface area contributed by atoms with Gasteiger partial charge in [0.25, 0.3) is 0 Å². The van der Waals surface area contributed by atoms with Crippen molar-refractivity contribution in [3.63, 3.8) is 0 Å². The van der Waals surface area contributed by atoms with Crippen molar-refractivity contribution in [2.45, 2.75) is 11.8 Å². The van der Waals surface area contributed by atoms with E-state index in [0.29, 0.717) is 30.3 Å². The Morgan fingerprint density at radius 3 is 2.27 bits per heavy atom. The van der Waals surface area contributed by atoms with Crippen LogP contribution in [0, 0.1) is 6.92 Å². The summed E-state index contributed by atoms with van der Waals surface area (Å²) in [6.07, 6.45) is 0. The summed E-state index contributed by atoms with van der Waals surface area (Å²) in [5, 5.41) is 5.07. The quantitative estimate of drug-likeness (QED) is 0.756. The van der Waals surface area contributed by atoms with Crippen molar-refractivity contribution >= 4 is 10.0 Å². The Morgan fingerprint density at radius 1 is 1.20 bits per heavy atom. The van der Waals surface area contributed by atoms with E-state index in [0.717, 1.165) is 0 Å². The zero-order chi connectivity index (χ0) is 11.1. The maximum absolute atomic E-state index is 11.2. The number of hydrogen-bond acceptors (Lipinski definition) is 4. The van der Waals surface area contributed by atoms with Crippen LogP contribution in [0.1, 0.15) is 5.56 Å². The molecule has 0 amide bonds. The lowest BCUT2D eigenvalue weighted by Gasteiger charge is -2.19. The van der Waals surface area contributed by atoms with Gasteiger partial charge >= 0.3 is 0 Å². The minimum atomic E-state index is -3.70. The fraction of sp³-hybridized carbons (Fsp3) is 0.333. The van der Waals surface area contributed by atoms with E-state index in [1.54, 1.807) is 13.0 Å². The molecular weight excluding hydrogens is 218 g/mol. The molecule has 0 radical (unpaired) electrons. The van der Waals surface area contributed by atoms with Crippen LogP contribution in [0.4, 0.5) is 0 Å². The smallest absolute Gasteiger partial charge is 0.238 e. The second-order valence-electron chi connectivity index (χ2n) is 3.31. The fourth-order valence-corrected chi connectivity index (χ4v) is 2.26. The average molecular weight is 229 g/mol. The highest BCUT2D eigenvalue weighted by Gasteiger charge is 2.19. The van der Waals surface area contributed by atoms with E-state index in [4.69, 9.17) is 14.6 Å². The first-order chi connectivity index (χ1) is 6.98. The zero-order valence-corrected chi connectivity index (χ0v) is 9.00. The monoisotopic (exact) mass is 229 g/mol. The molecule has 0 aromatic heterocycles. The minimum absolute atomic E-state index is 0.0757. The summed E-state index contributed by atoms with van der Waals surface area (Å²) in [5.41, 5.74) is 0.557.